The van der Waals surface area contributed by atoms with Crippen LogP contribution in [-0.2, 0) is 19.1 Å². The second-order valence-electron chi connectivity index (χ2n) is 3.53. The lowest BCUT2D eigenvalue weighted by Crippen LogP contribution is -2.34. The fraction of sp³-hybridized carbons (Fsp3) is 0.600. The number of esters is 2. The van der Waals surface area contributed by atoms with E-state index in [1.165, 1.54) is 6.92 Å². The van der Waals surface area contributed by atoms with E-state index in [1.807, 2.05) is 0 Å². The molecule has 1 rings (SSSR count). The van der Waals surface area contributed by atoms with Crippen molar-refractivity contribution in [2.24, 2.45) is 0 Å². The number of aliphatic hydroxyl groups excluding tert-OH is 2. The Kier molecular flexibility index (Phi) is 4.03. The summed E-state index contributed by atoms with van der Waals surface area (Å²) in [5, 5.41) is 19.0. The highest BCUT2D eigenvalue weighted by Crippen LogP contribution is 2.27. The van der Waals surface area contributed by atoms with Crippen LogP contribution < -0.4 is 0 Å². The number of carbonyl (C=O) groups is 2. The lowest BCUT2D eigenvalue weighted by molar-refractivity contribution is -0.145. The fourth-order valence-electron chi connectivity index (χ4n) is 1.45. The Morgan fingerprint density at radius 3 is 2.25 bits per heavy atom. The molecular formula is C10H14O6. The molecule has 90 valence electrons. The van der Waals surface area contributed by atoms with E-state index >= 15 is 0 Å². The molecule has 0 amide bonds. The summed E-state index contributed by atoms with van der Waals surface area (Å²) in [4.78, 5) is 21.6. The van der Waals surface area contributed by atoms with Crippen LogP contribution in [-0.4, -0.2) is 34.4 Å². The zero-order chi connectivity index (χ0) is 12.3. The van der Waals surface area contributed by atoms with Crippen molar-refractivity contribution in [2.45, 2.75) is 38.9 Å². The van der Waals surface area contributed by atoms with Gasteiger partial charge in [0.25, 0.3) is 0 Å². The Hall–Kier alpha value is -1.40. The summed E-state index contributed by atoms with van der Waals surface area (Å²) in [7, 11) is 0. The lowest BCUT2D eigenvalue weighted by atomic mass is 9.98. The average Bonchev–Trinajstić information content (AvgIpc) is 2.16. The zero-order valence-corrected chi connectivity index (χ0v) is 9.10. The van der Waals surface area contributed by atoms with Crippen LogP contribution >= 0.6 is 0 Å². The van der Waals surface area contributed by atoms with Crippen molar-refractivity contribution in [1.82, 2.24) is 0 Å². The van der Waals surface area contributed by atoms with Crippen LogP contribution in [0.15, 0.2) is 11.5 Å². The molecule has 0 aromatic rings. The molecule has 1 aliphatic rings. The van der Waals surface area contributed by atoms with Crippen LogP contribution in [0.5, 0.6) is 0 Å². The third-order valence-electron chi connectivity index (χ3n) is 2.10. The molecule has 2 atom stereocenters. The Morgan fingerprint density at radius 2 is 1.75 bits per heavy atom. The van der Waals surface area contributed by atoms with Crippen molar-refractivity contribution in [3.8, 4) is 0 Å². The molecule has 0 saturated carbocycles. The molecule has 0 aromatic carbocycles. The summed E-state index contributed by atoms with van der Waals surface area (Å²) >= 11 is 0. The highest BCUT2D eigenvalue weighted by Gasteiger charge is 2.33. The molecular weight excluding hydrogens is 216 g/mol. The third-order valence-corrected chi connectivity index (χ3v) is 2.10. The van der Waals surface area contributed by atoms with E-state index in [4.69, 9.17) is 9.47 Å². The van der Waals surface area contributed by atoms with Crippen LogP contribution in [0.3, 0.4) is 0 Å². The summed E-state index contributed by atoms with van der Waals surface area (Å²) in [6.07, 6.45) is -1.88. The number of rotatable bonds is 2. The molecule has 1 aliphatic carbocycles. The molecule has 0 heterocycles. The fourth-order valence-corrected chi connectivity index (χ4v) is 1.45. The molecule has 0 bridgehead atoms. The number of hydrogen-bond acceptors (Lipinski definition) is 6. The van der Waals surface area contributed by atoms with Crippen molar-refractivity contribution in [3.05, 3.63) is 11.5 Å². The minimum Gasteiger partial charge on any atom is -0.428 e. The first-order chi connectivity index (χ1) is 7.41. The number of aliphatic hydroxyl groups is 2. The quantitative estimate of drug-likeness (QED) is 0.640. The maximum atomic E-state index is 10.8. The summed E-state index contributed by atoms with van der Waals surface area (Å²) in [5.41, 5.74) is 0. The van der Waals surface area contributed by atoms with E-state index in [2.05, 4.69) is 0 Å². The monoisotopic (exact) mass is 230 g/mol. The summed E-state index contributed by atoms with van der Waals surface area (Å²) in [6.45, 7) is 2.36. The molecule has 0 aromatic heterocycles. The number of allylic oxidation sites excluding steroid dienone is 1. The van der Waals surface area contributed by atoms with Gasteiger partial charge in [-0.3, -0.25) is 9.59 Å². The predicted molar refractivity (Wildman–Crippen MR) is 51.8 cm³/mol. The smallest absolute Gasteiger partial charge is 0.307 e. The van der Waals surface area contributed by atoms with Gasteiger partial charge in [0.2, 0.25) is 0 Å². The third kappa shape index (κ3) is 3.04. The number of ether oxygens (including phenoxy) is 2. The predicted octanol–water partition coefficient (Wildman–Crippen LogP) is -0.160. The Labute approximate surface area is 92.5 Å². The van der Waals surface area contributed by atoms with Crippen LogP contribution in [0.4, 0.5) is 0 Å². The molecule has 0 radical (unpaired) electrons. The minimum absolute atomic E-state index is 0.0977. The van der Waals surface area contributed by atoms with Crippen molar-refractivity contribution < 1.29 is 29.3 Å². The molecule has 16 heavy (non-hydrogen) atoms. The lowest BCUT2D eigenvalue weighted by Gasteiger charge is -2.26. The SMILES string of the molecule is CC(=O)OC1=C(OC(C)=O)[C@H](O)[C@H](O)CC1. The Bertz CT molecular complexity index is 332. The number of hydrogen-bond donors (Lipinski definition) is 2. The van der Waals surface area contributed by atoms with Gasteiger partial charge in [-0.1, -0.05) is 0 Å². The van der Waals surface area contributed by atoms with Gasteiger partial charge >= 0.3 is 11.9 Å². The topological polar surface area (TPSA) is 93.1 Å². The van der Waals surface area contributed by atoms with Crippen LogP contribution in [0.1, 0.15) is 26.7 Å². The second-order valence-corrected chi connectivity index (χ2v) is 3.53. The molecule has 6 nitrogen and oxygen atoms in total. The van der Waals surface area contributed by atoms with E-state index in [1.54, 1.807) is 0 Å². The Balaban J connectivity index is 2.95. The molecule has 6 heteroatoms. The molecule has 0 unspecified atom stereocenters. The van der Waals surface area contributed by atoms with Gasteiger partial charge in [0.15, 0.2) is 5.76 Å². The highest BCUT2D eigenvalue weighted by molar-refractivity contribution is 5.69. The van der Waals surface area contributed by atoms with Crippen molar-refractivity contribution in [3.63, 3.8) is 0 Å². The normalized spacial score (nSPS) is 25.2. The van der Waals surface area contributed by atoms with E-state index < -0.39 is 24.1 Å². The summed E-state index contributed by atoms with van der Waals surface area (Å²) in [5.74, 6) is -1.29. The number of carbonyl (C=O) groups excluding carboxylic acids is 2. The molecule has 2 N–H and O–H groups in total. The van der Waals surface area contributed by atoms with Gasteiger partial charge < -0.3 is 19.7 Å². The van der Waals surface area contributed by atoms with E-state index in [-0.39, 0.29) is 24.4 Å². The minimum atomic E-state index is -1.34. The van der Waals surface area contributed by atoms with Crippen LogP contribution in [0, 0.1) is 0 Å². The van der Waals surface area contributed by atoms with E-state index in [0.29, 0.717) is 0 Å². The van der Waals surface area contributed by atoms with E-state index in [9.17, 15) is 19.8 Å². The first kappa shape index (κ1) is 12.7. The average molecular weight is 230 g/mol. The standard InChI is InChI=1S/C10H14O6/c1-5(11)15-8-4-3-7(13)9(14)10(8)16-6(2)12/h7,9,13-14H,3-4H2,1-2H3/t7-,9-/m1/s1. The maximum Gasteiger partial charge on any atom is 0.307 e. The van der Waals surface area contributed by atoms with Gasteiger partial charge in [-0.05, 0) is 6.42 Å². The van der Waals surface area contributed by atoms with Gasteiger partial charge in [-0.25, -0.2) is 0 Å². The molecule has 0 spiro atoms. The van der Waals surface area contributed by atoms with Gasteiger partial charge in [0, 0.05) is 20.3 Å². The van der Waals surface area contributed by atoms with Gasteiger partial charge in [-0.2, -0.15) is 0 Å². The highest BCUT2D eigenvalue weighted by atomic mass is 16.6. The van der Waals surface area contributed by atoms with Crippen molar-refractivity contribution in [1.29, 1.82) is 0 Å². The first-order valence-electron chi connectivity index (χ1n) is 4.87. The first-order valence-corrected chi connectivity index (χ1v) is 4.87. The zero-order valence-electron chi connectivity index (χ0n) is 9.10. The van der Waals surface area contributed by atoms with Crippen molar-refractivity contribution >= 4 is 11.9 Å². The molecule has 0 fully saturated rings. The second kappa shape index (κ2) is 5.09. The van der Waals surface area contributed by atoms with Gasteiger partial charge in [0.05, 0.1) is 6.10 Å². The largest absolute Gasteiger partial charge is 0.428 e. The van der Waals surface area contributed by atoms with Crippen LogP contribution in [0.2, 0.25) is 0 Å². The van der Waals surface area contributed by atoms with Gasteiger partial charge in [0.1, 0.15) is 11.9 Å². The van der Waals surface area contributed by atoms with Gasteiger partial charge in [-0.15, -0.1) is 0 Å². The summed E-state index contributed by atoms with van der Waals surface area (Å²) < 4.78 is 9.56. The molecule has 0 aliphatic heterocycles. The maximum absolute atomic E-state index is 10.8. The Morgan fingerprint density at radius 1 is 1.19 bits per heavy atom. The van der Waals surface area contributed by atoms with E-state index in [0.717, 1.165) is 6.92 Å². The molecule has 0 saturated heterocycles. The summed E-state index contributed by atoms with van der Waals surface area (Å²) in [6, 6.07) is 0. The van der Waals surface area contributed by atoms with Crippen LogP contribution in [0.25, 0.3) is 0 Å². The van der Waals surface area contributed by atoms with Crippen molar-refractivity contribution in [2.75, 3.05) is 0 Å².